The van der Waals surface area contributed by atoms with Crippen LogP contribution in [0.3, 0.4) is 0 Å². The van der Waals surface area contributed by atoms with Gasteiger partial charge in [0.05, 0.1) is 11.3 Å². The highest BCUT2D eigenvalue weighted by Gasteiger charge is 2.13. The molecule has 0 fully saturated rings. The molecule has 0 saturated heterocycles. The smallest absolute Gasteiger partial charge is 0.230 e. The molecule has 0 unspecified atom stereocenters. The fourth-order valence-corrected chi connectivity index (χ4v) is 3.99. The maximum Gasteiger partial charge on any atom is 0.230 e. The van der Waals surface area contributed by atoms with Crippen molar-refractivity contribution in [2.45, 2.75) is 18.6 Å². The van der Waals surface area contributed by atoms with Gasteiger partial charge in [0.2, 0.25) is 5.91 Å². The molecule has 1 amide bonds. The van der Waals surface area contributed by atoms with Gasteiger partial charge in [0.1, 0.15) is 0 Å². The first-order valence-corrected chi connectivity index (χ1v) is 9.85. The van der Waals surface area contributed by atoms with Crippen LogP contribution in [-0.2, 0) is 11.3 Å². The van der Waals surface area contributed by atoms with E-state index in [1.807, 2.05) is 52.9 Å². The maximum atomic E-state index is 12.2. The number of halogens is 1. The third-order valence-electron chi connectivity index (χ3n) is 4.28. The lowest BCUT2D eigenvalue weighted by atomic mass is 10.1. The van der Waals surface area contributed by atoms with E-state index in [0.717, 1.165) is 27.7 Å². The molecule has 1 N–H and O–H groups in total. The van der Waals surface area contributed by atoms with E-state index in [4.69, 9.17) is 11.6 Å². The van der Waals surface area contributed by atoms with Gasteiger partial charge in [0.25, 0.3) is 0 Å². The molecule has 0 bridgehead atoms. The number of fused-ring (bicyclic) bond motifs is 3. The number of benzene rings is 2. The molecule has 5 nitrogen and oxygen atoms in total. The van der Waals surface area contributed by atoms with Crippen LogP contribution in [0.4, 0.5) is 0 Å². The zero-order valence-corrected chi connectivity index (χ0v) is 16.2. The largest absolute Gasteiger partial charge is 0.351 e. The van der Waals surface area contributed by atoms with E-state index in [0.29, 0.717) is 16.7 Å². The molecule has 136 valence electrons. The molecule has 0 aliphatic heterocycles. The lowest BCUT2D eigenvalue weighted by Gasteiger charge is -2.08. The van der Waals surface area contributed by atoms with Crippen molar-refractivity contribution in [3.05, 3.63) is 70.7 Å². The maximum absolute atomic E-state index is 12.2. The number of thioether (sulfide) groups is 1. The lowest BCUT2D eigenvalue weighted by Crippen LogP contribution is -2.24. The molecule has 0 atom stereocenters. The van der Waals surface area contributed by atoms with Crippen molar-refractivity contribution in [2.24, 2.45) is 0 Å². The second kappa shape index (κ2) is 7.58. The third-order valence-corrected chi connectivity index (χ3v) is 5.45. The Labute approximate surface area is 165 Å². The van der Waals surface area contributed by atoms with Crippen molar-refractivity contribution in [1.82, 2.24) is 19.9 Å². The quantitative estimate of drug-likeness (QED) is 0.512. The van der Waals surface area contributed by atoms with E-state index in [2.05, 4.69) is 28.5 Å². The van der Waals surface area contributed by atoms with E-state index in [9.17, 15) is 4.79 Å². The number of rotatable bonds is 5. The SMILES string of the molecule is Cc1cc2nnc(SCC(=O)NCc3cccc(Cl)c3)n2c2ccccc12. The molecule has 0 aliphatic carbocycles. The molecule has 0 saturated carbocycles. The van der Waals surface area contributed by atoms with E-state index in [1.54, 1.807) is 0 Å². The molecule has 0 aliphatic rings. The molecule has 0 radical (unpaired) electrons. The van der Waals surface area contributed by atoms with Crippen molar-refractivity contribution < 1.29 is 4.79 Å². The summed E-state index contributed by atoms with van der Waals surface area (Å²) < 4.78 is 2.00. The minimum absolute atomic E-state index is 0.0619. The van der Waals surface area contributed by atoms with Crippen molar-refractivity contribution in [2.75, 3.05) is 5.75 Å². The Hall–Kier alpha value is -2.57. The van der Waals surface area contributed by atoms with E-state index < -0.39 is 0 Å². The van der Waals surface area contributed by atoms with Gasteiger partial charge in [0, 0.05) is 17.0 Å². The van der Waals surface area contributed by atoms with E-state index in [1.165, 1.54) is 11.8 Å². The molecule has 2 aromatic heterocycles. The highest BCUT2D eigenvalue weighted by atomic mass is 35.5. The standard InChI is InChI=1S/C20H17ClN4OS/c1-13-9-18-23-24-20(25(18)17-8-3-2-7-16(13)17)27-12-19(26)22-11-14-5-4-6-15(21)10-14/h2-10H,11-12H2,1H3,(H,22,26). The van der Waals surface area contributed by atoms with Crippen molar-refractivity contribution in [3.63, 3.8) is 0 Å². The number of aromatic nitrogens is 3. The van der Waals surface area contributed by atoms with Gasteiger partial charge in [-0.1, -0.05) is 53.7 Å². The Morgan fingerprint density at radius 2 is 2.00 bits per heavy atom. The van der Waals surface area contributed by atoms with Crippen LogP contribution in [0.2, 0.25) is 5.02 Å². The summed E-state index contributed by atoms with van der Waals surface area (Å²) in [6, 6.07) is 17.6. The highest BCUT2D eigenvalue weighted by molar-refractivity contribution is 7.99. The summed E-state index contributed by atoms with van der Waals surface area (Å²) >= 11 is 7.34. The number of pyridine rings is 1. The Bertz CT molecular complexity index is 1140. The number of carbonyl (C=O) groups excluding carboxylic acids is 1. The molecular formula is C20H17ClN4OS. The minimum atomic E-state index is -0.0619. The van der Waals surface area contributed by atoms with Gasteiger partial charge in [-0.05, 0) is 42.3 Å². The molecular weight excluding hydrogens is 380 g/mol. The number of nitrogens with zero attached hydrogens (tertiary/aromatic N) is 3. The first-order chi connectivity index (χ1) is 13.1. The van der Waals surface area contributed by atoms with E-state index in [-0.39, 0.29) is 11.7 Å². The fourth-order valence-electron chi connectivity index (χ4n) is 3.00. The monoisotopic (exact) mass is 396 g/mol. The summed E-state index contributed by atoms with van der Waals surface area (Å²) in [5.74, 6) is 0.206. The number of hydrogen-bond acceptors (Lipinski definition) is 4. The molecule has 27 heavy (non-hydrogen) atoms. The first-order valence-electron chi connectivity index (χ1n) is 8.49. The van der Waals surface area contributed by atoms with Crippen molar-refractivity contribution in [3.8, 4) is 0 Å². The fraction of sp³-hybridized carbons (Fsp3) is 0.150. The molecule has 2 aromatic carbocycles. The number of carbonyl (C=O) groups is 1. The molecule has 7 heteroatoms. The number of aryl methyl sites for hydroxylation is 1. The summed E-state index contributed by atoms with van der Waals surface area (Å²) in [5.41, 5.74) is 3.95. The Balaban J connectivity index is 1.49. The van der Waals surface area contributed by atoms with Gasteiger partial charge in [-0.25, -0.2) is 0 Å². The second-order valence-corrected chi connectivity index (χ2v) is 7.59. The van der Waals surface area contributed by atoms with Crippen LogP contribution >= 0.6 is 23.4 Å². The molecule has 2 heterocycles. The summed E-state index contributed by atoms with van der Waals surface area (Å²) in [6.45, 7) is 2.51. The highest BCUT2D eigenvalue weighted by Crippen LogP contribution is 2.25. The van der Waals surface area contributed by atoms with Crippen LogP contribution in [0.25, 0.3) is 16.6 Å². The van der Waals surface area contributed by atoms with Crippen LogP contribution < -0.4 is 5.32 Å². The van der Waals surface area contributed by atoms with Gasteiger partial charge in [-0.2, -0.15) is 0 Å². The lowest BCUT2D eigenvalue weighted by molar-refractivity contribution is -0.118. The minimum Gasteiger partial charge on any atom is -0.351 e. The number of para-hydroxylation sites is 1. The Morgan fingerprint density at radius 3 is 2.85 bits per heavy atom. The predicted octanol–water partition coefficient (Wildman–Crippen LogP) is 4.25. The summed E-state index contributed by atoms with van der Waals surface area (Å²) in [5, 5.41) is 13.9. The third kappa shape index (κ3) is 3.77. The van der Waals surface area contributed by atoms with E-state index >= 15 is 0 Å². The van der Waals surface area contributed by atoms with Crippen LogP contribution in [0.1, 0.15) is 11.1 Å². The zero-order chi connectivity index (χ0) is 18.8. The number of hydrogen-bond donors (Lipinski definition) is 1. The van der Waals surface area contributed by atoms with Gasteiger partial charge in [-0.15, -0.1) is 10.2 Å². The summed E-state index contributed by atoms with van der Waals surface area (Å²) in [6.07, 6.45) is 0. The Kier molecular flexibility index (Phi) is 5.01. The van der Waals surface area contributed by atoms with Crippen molar-refractivity contribution in [1.29, 1.82) is 0 Å². The second-order valence-electron chi connectivity index (χ2n) is 6.22. The van der Waals surface area contributed by atoms with Crippen LogP contribution in [0, 0.1) is 6.92 Å². The van der Waals surface area contributed by atoms with Gasteiger partial charge in [-0.3, -0.25) is 9.20 Å². The average molecular weight is 397 g/mol. The summed E-state index contributed by atoms with van der Waals surface area (Å²) in [7, 11) is 0. The Morgan fingerprint density at radius 1 is 1.15 bits per heavy atom. The van der Waals surface area contributed by atoms with Crippen LogP contribution in [0.5, 0.6) is 0 Å². The topological polar surface area (TPSA) is 59.3 Å². The van der Waals surface area contributed by atoms with Gasteiger partial charge < -0.3 is 5.32 Å². The first kappa shape index (κ1) is 17.8. The average Bonchev–Trinajstić information content (AvgIpc) is 3.08. The van der Waals surface area contributed by atoms with Crippen LogP contribution in [-0.4, -0.2) is 26.3 Å². The molecule has 4 rings (SSSR count). The number of amides is 1. The van der Waals surface area contributed by atoms with Gasteiger partial charge in [0.15, 0.2) is 10.8 Å². The zero-order valence-electron chi connectivity index (χ0n) is 14.6. The normalized spacial score (nSPS) is 11.2. The summed E-state index contributed by atoms with van der Waals surface area (Å²) in [4.78, 5) is 12.2. The van der Waals surface area contributed by atoms with Gasteiger partial charge >= 0.3 is 0 Å². The number of nitrogens with one attached hydrogen (secondary N) is 1. The predicted molar refractivity (Wildman–Crippen MR) is 109 cm³/mol. The van der Waals surface area contributed by atoms with Crippen molar-refractivity contribution >= 4 is 45.8 Å². The molecule has 4 aromatic rings. The van der Waals surface area contributed by atoms with Crippen LogP contribution in [0.15, 0.2) is 59.8 Å². The molecule has 0 spiro atoms.